The van der Waals surface area contributed by atoms with Gasteiger partial charge in [0.15, 0.2) is 0 Å². The van der Waals surface area contributed by atoms with Gasteiger partial charge in [0.2, 0.25) is 5.95 Å². The van der Waals surface area contributed by atoms with Crippen LogP contribution in [0.25, 0.3) is 5.52 Å². The number of halogens is 5. The molecule has 3 aromatic heterocycles. The SMILES string of the molecule is CCn1cc(C(=O)NCC#Cc2nn3c(N[C@@H]4CCN(C)C[C@@H]4F)cccc3c2CC(F)(F)F)c(F)n1. The second kappa shape index (κ2) is 10.8. The average Bonchev–Trinajstić information content (AvgIpc) is 3.38. The minimum Gasteiger partial charge on any atom is -0.364 e. The molecule has 2 N–H and O–H groups in total. The van der Waals surface area contributed by atoms with Crippen LogP contribution < -0.4 is 10.6 Å². The van der Waals surface area contributed by atoms with E-state index in [2.05, 4.69) is 32.7 Å². The summed E-state index contributed by atoms with van der Waals surface area (Å²) in [7, 11) is 1.82. The van der Waals surface area contributed by atoms with Gasteiger partial charge in [-0.15, -0.1) is 5.10 Å². The molecule has 1 fully saturated rings. The van der Waals surface area contributed by atoms with E-state index in [-0.39, 0.29) is 35.4 Å². The Morgan fingerprint density at radius 1 is 1.27 bits per heavy atom. The molecule has 4 rings (SSSR count). The molecule has 8 nitrogen and oxygen atoms in total. The molecule has 1 saturated heterocycles. The number of pyridine rings is 1. The minimum absolute atomic E-state index is 0.119. The normalized spacial score (nSPS) is 18.5. The van der Waals surface area contributed by atoms with Crippen molar-refractivity contribution in [2.75, 3.05) is 32.0 Å². The van der Waals surface area contributed by atoms with Gasteiger partial charge in [0.1, 0.15) is 23.2 Å². The third kappa shape index (κ3) is 6.19. The number of alkyl halides is 4. The number of aryl methyl sites for hydroxylation is 1. The number of hydrogen-bond donors (Lipinski definition) is 2. The summed E-state index contributed by atoms with van der Waals surface area (Å²) in [5.41, 5.74) is -0.325. The average molecular weight is 524 g/mol. The molecule has 1 aliphatic rings. The summed E-state index contributed by atoms with van der Waals surface area (Å²) in [6, 6.07) is 4.16. The zero-order chi connectivity index (χ0) is 26.7. The van der Waals surface area contributed by atoms with Crippen molar-refractivity contribution in [3.8, 4) is 11.8 Å². The number of fused-ring (bicyclic) bond motifs is 1. The first kappa shape index (κ1) is 26.4. The van der Waals surface area contributed by atoms with Crippen molar-refractivity contribution < 1.29 is 26.7 Å². The summed E-state index contributed by atoms with van der Waals surface area (Å²) in [6.45, 7) is 2.78. The molecular weight excluding hydrogens is 497 g/mol. The molecule has 4 heterocycles. The van der Waals surface area contributed by atoms with Crippen LogP contribution in [0.2, 0.25) is 0 Å². The monoisotopic (exact) mass is 523 g/mol. The lowest BCUT2D eigenvalue weighted by Gasteiger charge is -2.33. The maximum absolute atomic E-state index is 14.6. The number of nitrogens with zero attached hydrogens (tertiary/aromatic N) is 5. The molecule has 37 heavy (non-hydrogen) atoms. The standard InChI is InChI=1S/C24H26F5N7O/c1-3-35-13-16(22(26)33-35)23(37)30-10-5-6-18-15(12-24(27,28)29)20-7-4-8-21(36(20)32-18)31-19-9-11-34(2)14-17(19)25/h4,7-8,13,17,19,31H,3,9-12,14H2,1-2H3,(H,30,37)/t17-,19+/m0/s1. The van der Waals surface area contributed by atoms with Crippen LogP contribution >= 0.6 is 0 Å². The number of carbonyl (C=O) groups is 1. The van der Waals surface area contributed by atoms with Gasteiger partial charge in [-0.25, -0.2) is 8.91 Å². The molecular formula is C24H26F5N7O. The van der Waals surface area contributed by atoms with E-state index in [1.165, 1.54) is 21.5 Å². The van der Waals surface area contributed by atoms with Crippen molar-refractivity contribution in [3.63, 3.8) is 0 Å². The number of aromatic nitrogens is 4. The second-order valence-corrected chi connectivity index (χ2v) is 8.82. The smallest absolute Gasteiger partial charge is 0.364 e. The molecule has 13 heteroatoms. The van der Waals surface area contributed by atoms with E-state index >= 15 is 0 Å². The fourth-order valence-corrected chi connectivity index (χ4v) is 4.17. The number of hydrogen-bond acceptors (Lipinski definition) is 5. The highest BCUT2D eigenvalue weighted by atomic mass is 19.4. The first-order valence-corrected chi connectivity index (χ1v) is 11.7. The maximum Gasteiger partial charge on any atom is 0.393 e. The molecule has 2 atom stereocenters. The summed E-state index contributed by atoms with van der Waals surface area (Å²) in [4.78, 5) is 14.1. The van der Waals surface area contributed by atoms with Gasteiger partial charge in [-0.1, -0.05) is 12.0 Å². The highest BCUT2D eigenvalue weighted by molar-refractivity contribution is 5.94. The number of likely N-dealkylation sites (tertiary alicyclic amines) is 1. The highest BCUT2D eigenvalue weighted by Gasteiger charge is 2.32. The lowest BCUT2D eigenvalue weighted by atomic mass is 10.0. The van der Waals surface area contributed by atoms with Crippen LogP contribution in [0.5, 0.6) is 0 Å². The van der Waals surface area contributed by atoms with Gasteiger partial charge in [-0.3, -0.25) is 9.48 Å². The van der Waals surface area contributed by atoms with Crippen LogP contribution in [-0.2, 0) is 13.0 Å². The van der Waals surface area contributed by atoms with Crippen molar-refractivity contribution in [2.24, 2.45) is 0 Å². The van der Waals surface area contributed by atoms with E-state index in [4.69, 9.17) is 0 Å². The van der Waals surface area contributed by atoms with E-state index in [9.17, 15) is 26.7 Å². The van der Waals surface area contributed by atoms with Gasteiger partial charge in [-0.2, -0.15) is 22.7 Å². The maximum atomic E-state index is 14.6. The van der Waals surface area contributed by atoms with Crippen molar-refractivity contribution >= 4 is 17.2 Å². The fraction of sp³-hybridized carbons (Fsp3) is 0.458. The zero-order valence-electron chi connectivity index (χ0n) is 20.2. The summed E-state index contributed by atoms with van der Waals surface area (Å²) >= 11 is 0. The Morgan fingerprint density at radius 3 is 2.73 bits per heavy atom. The molecule has 0 aliphatic carbocycles. The summed E-state index contributed by atoms with van der Waals surface area (Å²) in [5.74, 6) is 3.84. The van der Waals surface area contributed by atoms with Crippen LogP contribution in [0.15, 0.2) is 24.4 Å². The molecule has 1 aliphatic heterocycles. The molecule has 0 saturated carbocycles. The van der Waals surface area contributed by atoms with Crippen molar-refractivity contribution in [1.29, 1.82) is 0 Å². The van der Waals surface area contributed by atoms with Crippen LogP contribution in [0.3, 0.4) is 0 Å². The predicted octanol–water partition coefficient (Wildman–Crippen LogP) is 3.03. The van der Waals surface area contributed by atoms with E-state index in [0.29, 0.717) is 25.3 Å². The van der Waals surface area contributed by atoms with E-state index in [1.807, 2.05) is 11.9 Å². The van der Waals surface area contributed by atoms with E-state index in [1.54, 1.807) is 19.1 Å². The van der Waals surface area contributed by atoms with Gasteiger partial charge in [0.05, 0.1) is 24.5 Å². The first-order chi connectivity index (χ1) is 17.6. The van der Waals surface area contributed by atoms with E-state index < -0.39 is 36.7 Å². The fourth-order valence-electron chi connectivity index (χ4n) is 4.17. The Labute approximate surface area is 209 Å². The summed E-state index contributed by atoms with van der Waals surface area (Å²) < 4.78 is 71.1. The third-order valence-corrected chi connectivity index (χ3v) is 6.04. The highest BCUT2D eigenvalue weighted by Crippen LogP contribution is 2.28. The number of amides is 1. The van der Waals surface area contributed by atoms with Crippen molar-refractivity contribution in [3.05, 3.63) is 47.2 Å². The van der Waals surface area contributed by atoms with Gasteiger partial charge in [-0.05, 0) is 38.4 Å². The van der Waals surface area contributed by atoms with Crippen LogP contribution in [-0.4, -0.2) is 75.3 Å². The van der Waals surface area contributed by atoms with E-state index in [0.717, 1.165) is 0 Å². The number of anilines is 1. The second-order valence-electron chi connectivity index (χ2n) is 8.82. The molecule has 198 valence electrons. The predicted molar refractivity (Wildman–Crippen MR) is 126 cm³/mol. The van der Waals surface area contributed by atoms with Gasteiger partial charge in [0, 0.05) is 31.4 Å². The minimum atomic E-state index is -4.52. The topological polar surface area (TPSA) is 79.5 Å². The molecule has 0 bridgehead atoms. The summed E-state index contributed by atoms with van der Waals surface area (Å²) in [5, 5.41) is 13.3. The Bertz CT molecular complexity index is 1340. The number of rotatable bonds is 6. The number of nitrogens with one attached hydrogen (secondary N) is 2. The first-order valence-electron chi connectivity index (χ1n) is 11.7. The van der Waals surface area contributed by atoms with Gasteiger partial charge < -0.3 is 15.5 Å². The van der Waals surface area contributed by atoms with Gasteiger partial charge >= 0.3 is 6.18 Å². The largest absolute Gasteiger partial charge is 0.393 e. The molecule has 0 spiro atoms. The van der Waals surface area contributed by atoms with Crippen LogP contribution in [0.4, 0.5) is 27.8 Å². The Kier molecular flexibility index (Phi) is 7.68. The molecule has 3 aromatic rings. The number of piperidine rings is 1. The summed E-state index contributed by atoms with van der Waals surface area (Å²) in [6.07, 6.45) is -5.17. The third-order valence-electron chi connectivity index (χ3n) is 6.04. The number of carbonyl (C=O) groups excluding carboxylic acids is 1. The molecule has 1 amide bonds. The van der Waals surface area contributed by atoms with Crippen molar-refractivity contribution in [2.45, 2.75) is 44.7 Å². The van der Waals surface area contributed by atoms with Crippen LogP contribution in [0.1, 0.15) is 35.0 Å². The lowest BCUT2D eigenvalue weighted by molar-refractivity contribution is -0.127. The molecule has 0 radical (unpaired) electrons. The van der Waals surface area contributed by atoms with Gasteiger partial charge in [0.25, 0.3) is 5.91 Å². The Hall–Kier alpha value is -3.66. The molecule has 0 unspecified atom stereocenters. The lowest BCUT2D eigenvalue weighted by Crippen LogP contribution is -2.46. The molecule has 0 aromatic carbocycles. The Balaban J connectivity index is 1.58. The Morgan fingerprint density at radius 2 is 2.05 bits per heavy atom. The zero-order valence-corrected chi connectivity index (χ0v) is 20.2. The quantitative estimate of drug-likeness (QED) is 0.384. The van der Waals surface area contributed by atoms with Crippen molar-refractivity contribution in [1.82, 2.24) is 29.6 Å². The van der Waals surface area contributed by atoms with Crippen LogP contribution in [0, 0.1) is 17.8 Å².